The molecule has 0 radical (unpaired) electrons. The zero-order valence-electron chi connectivity index (χ0n) is 10.4. The van der Waals surface area contributed by atoms with E-state index in [4.69, 9.17) is 0 Å². The van der Waals surface area contributed by atoms with E-state index in [1.165, 1.54) is 0 Å². The fraction of sp³-hybridized carbons (Fsp3) is 0.500. The second kappa shape index (κ2) is 5.33. The van der Waals surface area contributed by atoms with Crippen molar-refractivity contribution in [3.63, 3.8) is 0 Å². The van der Waals surface area contributed by atoms with Gasteiger partial charge < -0.3 is 0 Å². The molecule has 8 heteroatoms. The Morgan fingerprint density at radius 3 is 2.30 bits per heavy atom. The number of rotatable bonds is 2. The quantitative estimate of drug-likeness (QED) is 0.788. The Labute approximate surface area is 114 Å². The van der Waals surface area contributed by atoms with Gasteiger partial charge in [0.25, 0.3) is 0 Å². The van der Waals surface area contributed by atoms with Crippen molar-refractivity contribution in [3.05, 3.63) is 30.1 Å². The summed E-state index contributed by atoms with van der Waals surface area (Å²) in [4.78, 5) is -0.193. The molecule has 1 aliphatic heterocycles. The predicted octanol–water partition coefficient (Wildman–Crippen LogP) is 2.79. The normalized spacial score (nSPS) is 21.9. The van der Waals surface area contributed by atoms with Crippen molar-refractivity contribution in [2.24, 2.45) is 5.92 Å². The highest BCUT2D eigenvalue weighted by Gasteiger charge is 2.44. The fourth-order valence-electron chi connectivity index (χ4n) is 2.18. The second-order valence-corrected chi connectivity index (χ2v) is 6.64. The van der Waals surface area contributed by atoms with Crippen molar-refractivity contribution in [3.8, 4) is 0 Å². The molecule has 1 aliphatic rings. The van der Waals surface area contributed by atoms with E-state index in [1.807, 2.05) is 0 Å². The van der Waals surface area contributed by atoms with Gasteiger partial charge in [-0.1, -0.05) is 0 Å². The minimum absolute atomic E-state index is 0.0479. The first kappa shape index (κ1) is 15.2. The summed E-state index contributed by atoms with van der Waals surface area (Å²) in [5, 5.41) is 0. The zero-order valence-corrected chi connectivity index (χ0v) is 11.2. The molecule has 112 valence electrons. The average molecular weight is 311 g/mol. The summed E-state index contributed by atoms with van der Waals surface area (Å²) >= 11 is 0. The lowest BCUT2D eigenvalue weighted by Crippen LogP contribution is -2.44. The molecule has 0 aromatic heterocycles. The van der Waals surface area contributed by atoms with Crippen LogP contribution in [0.25, 0.3) is 0 Å². The predicted molar refractivity (Wildman–Crippen MR) is 63.9 cm³/mol. The second-order valence-electron chi connectivity index (χ2n) is 4.70. The molecule has 1 atom stereocenters. The van der Waals surface area contributed by atoms with Crippen molar-refractivity contribution >= 4 is 10.0 Å². The SMILES string of the molecule is O=S(=O)(c1ccc(F)cc1)N1CCCC(C(F)(F)F)C1. The largest absolute Gasteiger partial charge is 0.393 e. The Morgan fingerprint density at radius 1 is 1.15 bits per heavy atom. The Balaban J connectivity index is 2.23. The van der Waals surface area contributed by atoms with Gasteiger partial charge >= 0.3 is 6.18 Å². The molecular formula is C12H13F4NO2S. The van der Waals surface area contributed by atoms with Crippen LogP contribution in [0.5, 0.6) is 0 Å². The lowest BCUT2D eigenvalue weighted by Gasteiger charge is -2.32. The number of hydrogen-bond acceptors (Lipinski definition) is 2. The van der Waals surface area contributed by atoms with E-state index in [-0.39, 0.29) is 24.3 Å². The van der Waals surface area contributed by atoms with Crippen LogP contribution >= 0.6 is 0 Å². The first-order chi connectivity index (χ1) is 9.21. The minimum atomic E-state index is -4.41. The summed E-state index contributed by atoms with van der Waals surface area (Å²) in [7, 11) is -4.01. The summed E-state index contributed by atoms with van der Waals surface area (Å²) < 4.78 is 76.1. The minimum Gasteiger partial charge on any atom is -0.207 e. The summed E-state index contributed by atoms with van der Waals surface area (Å²) in [6.07, 6.45) is -4.32. The lowest BCUT2D eigenvalue weighted by molar-refractivity contribution is -0.182. The Morgan fingerprint density at radius 2 is 1.75 bits per heavy atom. The van der Waals surface area contributed by atoms with Crippen LogP contribution in [-0.4, -0.2) is 32.0 Å². The molecule has 1 aromatic carbocycles. The van der Waals surface area contributed by atoms with Gasteiger partial charge in [-0.15, -0.1) is 0 Å². The van der Waals surface area contributed by atoms with Crippen molar-refractivity contribution in [1.82, 2.24) is 4.31 Å². The summed E-state index contributed by atoms with van der Waals surface area (Å²) in [6.45, 7) is -0.532. The van der Waals surface area contributed by atoms with E-state index in [9.17, 15) is 26.0 Å². The maximum Gasteiger partial charge on any atom is 0.393 e. The van der Waals surface area contributed by atoms with Gasteiger partial charge in [0.05, 0.1) is 10.8 Å². The lowest BCUT2D eigenvalue weighted by atomic mass is 9.99. The molecule has 1 heterocycles. The van der Waals surface area contributed by atoms with E-state index >= 15 is 0 Å². The Hall–Kier alpha value is -1.15. The van der Waals surface area contributed by atoms with Gasteiger partial charge in [0.1, 0.15) is 5.82 Å². The third-order valence-corrected chi connectivity index (χ3v) is 5.18. The summed E-state index contributed by atoms with van der Waals surface area (Å²) in [5.41, 5.74) is 0. The van der Waals surface area contributed by atoms with Crippen LogP contribution in [-0.2, 0) is 10.0 Å². The first-order valence-electron chi connectivity index (χ1n) is 6.03. The molecule has 20 heavy (non-hydrogen) atoms. The van der Waals surface area contributed by atoms with Crippen molar-refractivity contribution in [2.45, 2.75) is 23.9 Å². The Bertz CT molecular complexity index is 568. The van der Waals surface area contributed by atoms with E-state index in [0.717, 1.165) is 28.6 Å². The van der Waals surface area contributed by atoms with Crippen LogP contribution in [0.3, 0.4) is 0 Å². The smallest absolute Gasteiger partial charge is 0.207 e. The van der Waals surface area contributed by atoms with Crippen LogP contribution in [0, 0.1) is 11.7 Å². The van der Waals surface area contributed by atoms with Gasteiger partial charge in [-0.05, 0) is 37.1 Å². The number of alkyl halides is 3. The van der Waals surface area contributed by atoms with Gasteiger partial charge in [0.15, 0.2) is 0 Å². The molecule has 0 aliphatic carbocycles. The van der Waals surface area contributed by atoms with Crippen molar-refractivity contribution in [1.29, 1.82) is 0 Å². The summed E-state index contributed by atoms with van der Waals surface area (Å²) in [6, 6.07) is 4.06. The molecule has 0 amide bonds. The molecule has 0 saturated carbocycles. The molecule has 1 aromatic rings. The molecule has 2 rings (SSSR count). The van der Waals surface area contributed by atoms with Crippen molar-refractivity contribution in [2.75, 3.05) is 13.1 Å². The highest BCUT2D eigenvalue weighted by atomic mass is 32.2. The van der Waals surface area contributed by atoms with Gasteiger partial charge in [-0.25, -0.2) is 12.8 Å². The van der Waals surface area contributed by atoms with Gasteiger partial charge in [-0.3, -0.25) is 0 Å². The van der Waals surface area contributed by atoms with E-state index in [2.05, 4.69) is 0 Å². The highest BCUT2D eigenvalue weighted by molar-refractivity contribution is 7.89. The average Bonchev–Trinajstić information content (AvgIpc) is 2.38. The number of halogens is 4. The molecule has 0 bridgehead atoms. The molecule has 0 N–H and O–H groups in total. The van der Waals surface area contributed by atoms with E-state index in [1.54, 1.807) is 0 Å². The number of benzene rings is 1. The molecule has 3 nitrogen and oxygen atoms in total. The standard InChI is InChI=1S/C12H13F4NO2S/c13-10-3-5-11(6-4-10)20(18,19)17-7-1-2-9(8-17)12(14,15)16/h3-6,9H,1-2,7-8H2. The van der Waals surface area contributed by atoms with Gasteiger partial charge in [0, 0.05) is 13.1 Å². The molecule has 1 saturated heterocycles. The molecule has 1 fully saturated rings. The van der Waals surface area contributed by atoms with Crippen molar-refractivity contribution < 1.29 is 26.0 Å². The third-order valence-electron chi connectivity index (χ3n) is 3.30. The molecule has 0 spiro atoms. The number of hydrogen-bond donors (Lipinski definition) is 0. The fourth-order valence-corrected chi connectivity index (χ4v) is 3.71. The number of sulfonamides is 1. The zero-order chi connectivity index (χ0) is 15.0. The van der Waals surface area contributed by atoms with Crippen LogP contribution < -0.4 is 0 Å². The maximum atomic E-state index is 12.8. The highest BCUT2D eigenvalue weighted by Crippen LogP contribution is 2.34. The van der Waals surface area contributed by atoms with Crippen LogP contribution in [0.4, 0.5) is 17.6 Å². The van der Waals surface area contributed by atoms with E-state index < -0.39 is 34.5 Å². The van der Waals surface area contributed by atoms with E-state index in [0.29, 0.717) is 0 Å². The topological polar surface area (TPSA) is 37.4 Å². The molecular weight excluding hydrogens is 298 g/mol. The maximum absolute atomic E-state index is 12.8. The van der Waals surface area contributed by atoms with Crippen LogP contribution in [0.15, 0.2) is 29.2 Å². The van der Waals surface area contributed by atoms with Gasteiger partial charge in [0.2, 0.25) is 10.0 Å². The number of piperidine rings is 1. The Kier molecular flexibility index (Phi) is 4.06. The van der Waals surface area contributed by atoms with Gasteiger partial charge in [-0.2, -0.15) is 17.5 Å². The van der Waals surface area contributed by atoms with Crippen LogP contribution in [0.2, 0.25) is 0 Å². The third kappa shape index (κ3) is 3.12. The molecule has 1 unspecified atom stereocenters. The van der Waals surface area contributed by atoms with Crippen LogP contribution in [0.1, 0.15) is 12.8 Å². The number of nitrogens with zero attached hydrogens (tertiary/aromatic N) is 1. The first-order valence-corrected chi connectivity index (χ1v) is 7.48. The summed E-state index contributed by atoms with van der Waals surface area (Å²) in [5.74, 6) is -2.25. The monoisotopic (exact) mass is 311 g/mol.